The van der Waals surface area contributed by atoms with Crippen molar-refractivity contribution in [1.82, 2.24) is 5.01 Å². The second-order valence-electron chi connectivity index (χ2n) is 2.82. The number of hydrazine groups is 1. The maximum Gasteiger partial charge on any atom is 0.0340 e. The third-order valence-corrected chi connectivity index (χ3v) is 1.39. The molecule has 13 heavy (non-hydrogen) atoms. The second-order valence-corrected chi connectivity index (χ2v) is 2.82. The first kappa shape index (κ1) is 14.6. The van der Waals surface area contributed by atoms with Gasteiger partial charge >= 0.3 is 0 Å². The van der Waals surface area contributed by atoms with Crippen molar-refractivity contribution in [3.8, 4) is 0 Å². The fraction of sp³-hybridized carbons (Fsp3) is 0.600. The van der Waals surface area contributed by atoms with Crippen molar-refractivity contribution >= 4 is 0 Å². The first-order valence-electron chi connectivity index (χ1n) is 4.62. The molecule has 0 saturated carbocycles. The molecule has 0 amide bonds. The zero-order valence-corrected chi connectivity index (χ0v) is 8.92. The number of nitrogens with two attached hydrogens (primary N) is 2. The number of rotatable bonds is 5. The maximum absolute atomic E-state index is 5.59. The highest BCUT2D eigenvalue weighted by Gasteiger charge is 1.91. The van der Waals surface area contributed by atoms with E-state index in [1.165, 1.54) is 12.8 Å². The Morgan fingerprint density at radius 1 is 1.38 bits per heavy atom. The lowest BCUT2D eigenvalue weighted by molar-refractivity contribution is 0.376. The predicted octanol–water partition coefficient (Wildman–Crippen LogP) is 1.97. The van der Waals surface area contributed by atoms with Crippen molar-refractivity contribution in [2.24, 2.45) is 11.6 Å². The molecule has 4 N–H and O–H groups in total. The lowest BCUT2D eigenvalue weighted by Crippen LogP contribution is -2.27. The standard InChI is InChI=1S/C8H19N3.C2H4/c1-3-4-5-6-11(10)7-8(2)9;1-2/h7H,3-6,9-10H2,1-2H3;1-2H2/b8-7-;. The third-order valence-electron chi connectivity index (χ3n) is 1.39. The van der Waals surface area contributed by atoms with Gasteiger partial charge in [-0.3, -0.25) is 0 Å². The van der Waals surface area contributed by atoms with Crippen LogP contribution in [0.1, 0.15) is 33.1 Å². The van der Waals surface area contributed by atoms with Crippen LogP contribution in [0.25, 0.3) is 0 Å². The quantitative estimate of drug-likeness (QED) is 0.298. The summed E-state index contributed by atoms with van der Waals surface area (Å²) in [5.41, 5.74) is 6.19. The summed E-state index contributed by atoms with van der Waals surface area (Å²) in [6.45, 7) is 10.9. The average Bonchev–Trinajstić information content (AvgIpc) is 2.07. The summed E-state index contributed by atoms with van der Waals surface area (Å²) < 4.78 is 0. The molecule has 0 aliphatic heterocycles. The van der Waals surface area contributed by atoms with Crippen molar-refractivity contribution in [1.29, 1.82) is 0 Å². The van der Waals surface area contributed by atoms with Gasteiger partial charge in [0.05, 0.1) is 0 Å². The average molecular weight is 185 g/mol. The second kappa shape index (κ2) is 11.0. The van der Waals surface area contributed by atoms with E-state index >= 15 is 0 Å². The molecule has 0 radical (unpaired) electrons. The van der Waals surface area contributed by atoms with Crippen LogP contribution in [-0.4, -0.2) is 11.6 Å². The summed E-state index contributed by atoms with van der Waals surface area (Å²) in [5.74, 6) is 5.59. The van der Waals surface area contributed by atoms with E-state index in [-0.39, 0.29) is 0 Å². The van der Waals surface area contributed by atoms with Crippen LogP contribution in [0.2, 0.25) is 0 Å². The summed E-state index contributed by atoms with van der Waals surface area (Å²) in [7, 11) is 0. The first-order chi connectivity index (χ1) is 6.16. The molecule has 0 bridgehead atoms. The van der Waals surface area contributed by atoms with Gasteiger partial charge in [-0.25, -0.2) is 5.84 Å². The van der Waals surface area contributed by atoms with Gasteiger partial charge in [-0.1, -0.05) is 19.8 Å². The van der Waals surface area contributed by atoms with Gasteiger partial charge in [0.25, 0.3) is 0 Å². The minimum absolute atomic E-state index is 0.754. The monoisotopic (exact) mass is 185 g/mol. The molecule has 0 unspecified atom stereocenters. The summed E-state index contributed by atoms with van der Waals surface area (Å²) in [6.07, 6.45) is 5.34. The van der Waals surface area contributed by atoms with E-state index in [1.807, 2.05) is 6.92 Å². The zero-order chi connectivity index (χ0) is 10.7. The van der Waals surface area contributed by atoms with Crippen LogP contribution in [-0.2, 0) is 0 Å². The summed E-state index contributed by atoms with van der Waals surface area (Å²) in [5, 5.41) is 1.64. The Morgan fingerprint density at radius 3 is 2.31 bits per heavy atom. The highest BCUT2D eigenvalue weighted by atomic mass is 15.4. The van der Waals surface area contributed by atoms with Crippen LogP contribution >= 0.6 is 0 Å². The molecule has 78 valence electrons. The Morgan fingerprint density at radius 2 is 1.92 bits per heavy atom. The Hall–Kier alpha value is -0.960. The number of hydrogen-bond donors (Lipinski definition) is 2. The number of nitrogens with zero attached hydrogens (tertiary/aromatic N) is 1. The summed E-state index contributed by atoms with van der Waals surface area (Å²) >= 11 is 0. The first-order valence-corrected chi connectivity index (χ1v) is 4.62. The van der Waals surface area contributed by atoms with E-state index in [0.717, 1.165) is 18.7 Å². The molecular weight excluding hydrogens is 162 g/mol. The van der Waals surface area contributed by atoms with Crippen LogP contribution in [0, 0.1) is 0 Å². The molecule has 0 fully saturated rings. The normalized spacial score (nSPS) is 10.2. The molecule has 3 heteroatoms. The fourth-order valence-corrected chi connectivity index (χ4v) is 0.870. The fourth-order valence-electron chi connectivity index (χ4n) is 0.870. The van der Waals surface area contributed by atoms with E-state index in [4.69, 9.17) is 11.6 Å². The molecular formula is C10H23N3. The lowest BCUT2D eigenvalue weighted by atomic mass is 10.2. The molecule has 0 saturated heterocycles. The Bertz CT molecular complexity index is 128. The molecule has 3 nitrogen and oxygen atoms in total. The van der Waals surface area contributed by atoms with Crippen molar-refractivity contribution in [3.63, 3.8) is 0 Å². The number of allylic oxidation sites excluding steroid dienone is 1. The molecule has 0 rings (SSSR count). The van der Waals surface area contributed by atoms with E-state index in [1.54, 1.807) is 11.2 Å². The minimum Gasteiger partial charge on any atom is -0.401 e. The number of unbranched alkanes of at least 4 members (excludes halogenated alkanes) is 2. The largest absolute Gasteiger partial charge is 0.401 e. The SMILES string of the molecule is C=C.CCCCCN(N)/C=C(/C)N. The third kappa shape index (κ3) is 14.0. The highest BCUT2D eigenvalue weighted by molar-refractivity contribution is 4.89. The van der Waals surface area contributed by atoms with E-state index in [9.17, 15) is 0 Å². The van der Waals surface area contributed by atoms with Crippen molar-refractivity contribution in [2.45, 2.75) is 33.1 Å². The smallest absolute Gasteiger partial charge is 0.0340 e. The Labute approximate surface area is 82.1 Å². The van der Waals surface area contributed by atoms with Crippen LogP contribution in [0.4, 0.5) is 0 Å². The van der Waals surface area contributed by atoms with E-state index in [0.29, 0.717) is 0 Å². The van der Waals surface area contributed by atoms with Gasteiger partial charge in [0.2, 0.25) is 0 Å². The van der Waals surface area contributed by atoms with Gasteiger partial charge in [-0.15, -0.1) is 13.2 Å². The molecule has 0 spiro atoms. The van der Waals surface area contributed by atoms with E-state index in [2.05, 4.69) is 20.1 Å². The van der Waals surface area contributed by atoms with Crippen molar-refractivity contribution < 1.29 is 0 Å². The molecule has 0 aromatic heterocycles. The van der Waals surface area contributed by atoms with Gasteiger partial charge in [0.15, 0.2) is 0 Å². The van der Waals surface area contributed by atoms with Crippen LogP contribution in [0.5, 0.6) is 0 Å². The van der Waals surface area contributed by atoms with Gasteiger partial charge in [-0.2, -0.15) is 0 Å². The topological polar surface area (TPSA) is 55.3 Å². The maximum atomic E-state index is 5.59. The Kier molecular flexibility index (Phi) is 12.4. The van der Waals surface area contributed by atoms with Gasteiger partial charge in [0, 0.05) is 18.4 Å². The molecule has 0 aliphatic rings. The zero-order valence-electron chi connectivity index (χ0n) is 8.92. The van der Waals surface area contributed by atoms with Crippen LogP contribution in [0.15, 0.2) is 25.1 Å². The minimum atomic E-state index is 0.754. The number of hydrogen-bond acceptors (Lipinski definition) is 3. The van der Waals surface area contributed by atoms with Crippen molar-refractivity contribution in [2.75, 3.05) is 6.54 Å². The van der Waals surface area contributed by atoms with Crippen LogP contribution in [0.3, 0.4) is 0 Å². The molecule has 0 aliphatic carbocycles. The highest BCUT2D eigenvalue weighted by Crippen LogP contribution is 1.95. The van der Waals surface area contributed by atoms with Gasteiger partial charge in [-0.05, 0) is 13.3 Å². The molecule has 0 atom stereocenters. The molecule has 0 heterocycles. The van der Waals surface area contributed by atoms with Gasteiger partial charge < -0.3 is 10.7 Å². The lowest BCUT2D eigenvalue weighted by Gasteiger charge is -2.13. The van der Waals surface area contributed by atoms with Crippen LogP contribution < -0.4 is 11.6 Å². The summed E-state index contributed by atoms with van der Waals surface area (Å²) in [6, 6.07) is 0. The molecule has 0 aromatic rings. The van der Waals surface area contributed by atoms with Gasteiger partial charge in [0.1, 0.15) is 0 Å². The predicted molar refractivity (Wildman–Crippen MR) is 59.6 cm³/mol. The Balaban J connectivity index is 0. The van der Waals surface area contributed by atoms with Crippen molar-refractivity contribution in [3.05, 3.63) is 25.1 Å². The molecule has 0 aromatic carbocycles. The van der Waals surface area contributed by atoms with E-state index < -0.39 is 0 Å². The summed E-state index contributed by atoms with van der Waals surface area (Å²) in [4.78, 5) is 0.